The summed E-state index contributed by atoms with van der Waals surface area (Å²) >= 11 is 0. The van der Waals surface area contributed by atoms with E-state index in [1.165, 1.54) is 5.56 Å². The Morgan fingerprint density at radius 1 is 1.35 bits per heavy atom. The van der Waals surface area contributed by atoms with Crippen LogP contribution in [0.5, 0.6) is 0 Å². The maximum absolute atomic E-state index is 12.1. The van der Waals surface area contributed by atoms with Gasteiger partial charge >= 0.3 is 6.09 Å². The maximum atomic E-state index is 12.1. The highest BCUT2D eigenvalue weighted by Crippen LogP contribution is 2.27. The van der Waals surface area contributed by atoms with E-state index in [-0.39, 0.29) is 6.09 Å². The first-order valence-corrected chi connectivity index (χ1v) is 6.91. The van der Waals surface area contributed by atoms with Crippen molar-refractivity contribution < 1.29 is 9.53 Å². The van der Waals surface area contributed by atoms with E-state index in [1.54, 1.807) is 4.90 Å². The Bertz CT molecular complexity index is 547. The Balaban J connectivity index is 2.21. The average molecular weight is 277 g/mol. The summed E-state index contributed by atoms with van der Waals surface area (Å²) in [5, 5.41) is 0. The summed E-state index contributed by atoms with van der Waals surface area (Å²) in [6.45, 7) is 10.7. The first-order chi connectivity index (χ1) is 9.19. The first-order valence-electron chi connectivity index (χ1n) is 6.91. The van der Waals surface area contributed by atoms with E-state index in [1.807, 2.05) is 34.6 Å². The second-order valence-electron chi connectivity index (χ2n) is 6.31. The number of aryl methyl sites for hydroxylation is 1. The van der Waals surface area contributed by atoms with Gasteiger partial charge in [-0.05, 0) is 52.2 Å². The van der Waals surface area contributed by atoms with Crippen LogP contribution in [-0.2, 0) is 17.7 Å². The highest BCUT2D eigenvalue weighted by Gasteiger charge is 2.27. The number of fused-ring (bicyclic) bond motifs is 1. The van der Waals surface area contributed by atoms with Crippen LogP contribution in [0.25, 0.3) is 0 Å². The Hall–Kier alpha value is -1.78. The van der Waals surface area contributed by atoms with Crippen LogP contribution in [0.3, 0.4) is 0 Å². The fourth-order valence-electron chi connectivity index (χ4n) is 2.43. The fourth-order valence-corrected chi connectivity index (χ4v) is 2.43. The number of hydrogen-bond acceptors (Lipinski definition) is 4. The Morgan fingerprint density at radius 2 is 2.00 bits per heavy atom. The number of rotatable bonds is 0. The molecule has 0 saturated heterocycles. The minimum atomic E-state index is -0.474. The Kier molecular flexibility index (Phi) is 3.63. The van der Waals surface area contributed by atoms with E-state index in [2.05, 4.69) is 4.98 Å². The molecule has 2 heterocycles. The molecule has 2 N–H and O–H groups in total. The molecule has 0 saturated carbocycles. The maximum Gasteiger partial charge on any atom is 0.410 e. The number of nitrogen functional groups attached to an aromatic ring is 1. The average Bonchev–Trinajstić information content (AvgIpc) is 2.33. The van der Waals surface area contributed by atoms with E-state index in [0.29, 0.717) is 13.1 Å². The van der Waals surface area contributed by atoms with Gasteiger partial charge in [0.15, 0.2) is 0 Å². The van der Waals surface area contributed by atoms with Crippen molar-refractivity contribution in [1.29, 1.82) is 0 Å². The standard InChI is InChI=1S/C15H23N3O2/c1-9-11-6-7-18(14(19)20-15(3,4)5)8-12(11)17-10(2)13(9)16/h6-8,16H2,1-5H3. The minimum Gasteiger partial charge on any atom is -0.444 e. The minimum absolute atomic E-state index is 0.280. The molecular formula is C15H23N3O2. The summed E-state index contributed by atoms with van der Waals surface area (Å²) < 4.78 is 5.41. The third-order valence-electron chi connectivity index (χ3n) is 3.52. The second kappa shape index (κ2) is 4.96. The molecule has 1 aliphatic heterocycles. The van der Waals surface area contributed by atoms with Gasteiger partial charge in [-0.15, -0.1) is 0 Å². The summed E-state index contributed by atoms with van der Waals surface area (Å²) in [7, 11) is 0. The van der Waals surface area contributed by atoms with E-state index in [4.69, 9.17) is 10.5 Å². The number of aromatic nitrogens is 1. The van der Waals surface area contributed by atoms with E-state index in [0.717, 1.165) is 29.1 Å². The molecule has 5 nitrogen and oxygen atoms in total. The highest BCUT2D eigenvalue weighted by atomic mass is 16.6. The van der Waals surface area contributed by atoms with Gasteiger partial charge in [-0.3, -0.25) is 4.98 Å². The zero-order valence-corrected chi connectivity index (χ0v) is 12.9. The Morgan fingerprint density at radius 3 is 2.60 bits per heavy atom. The molecule has 0 atom stereocenters. The molecule has 1 aliphatic rings. The number of hydrogen-bond donors (Lipinski definition) is 1. The molecule has 0 unspecified atom stereocenters. The molecule has 2 rings (SSSR count). The van der Waals surface area contributed by atoms with Gasteiger partial charge in [0.2, 0.25) is 0 Å². The van der Waals surface area contributed by atoms with Gasteiger partial charge < -0.3 is 15.4 Å². The Labute approximate surface area is 120 Å². The molecule has 0 spiro atoms. The topological polar surface area (TPSA) is 68.5 Å². The molecule has 0 aliphatic carbocycles. The molecule has 1 aromatic rings. The third-order valence-corrected chi connectivity index (χ3v) is 3.52. The molecule has 0 bridgehead atoms. The molecular weight excluding hydrogens is 254 g/mol. The first kappa shape index (κ1) is 14.6. The summed E-state index contributed by atoms with van der Waals surface area (Å²) in [4.78, 5) is 18.3. The number of carbonyl (C=O) groups excluding carboxylic acids is 1. The lowest BCUT2D eigenvalue weighted by molar-refractivity contribution is 0.0220. The largest absolute Gasteiger partial charge is 0.444 e. The number of nitrogens with zero attached hydrogens (tertiary/aromatic N) is 2. The normalized spacial score (nSPS) is 14.9. The summed E-state index contributed by atoms with van der Waals surface area (Å²) in [5.41, 5.74) is 10.3. The number of nitrogens with two attached hydrogens (primary N) is 1. The van der Waals surface area contributed by atoms with Crippen molar-refractivity contribution in [1.82, 2.24) is 9.88 Å². The second-order valence-corrected chi connectivity index (χ2v) is 6.31. The summed E-state index contributed by atoms with van der Waals surface area (Å²) in [5.74, 6) is 0. The van der Waals surface area contributed by atoms with E-state index < -0.39 is 5.60 Å². The van der Waals surface area contributed by atoms with Gasteiger partial charge in [0.05, 0.1) is 23.6 Å². The molecule has 1 aromatic heterocycles. The zero-order chi connectivity index (χ0) is 15.1. The smallest absolute Gasteiger partial charge is 0.410 e. The third kappa shape index (κ3) is 2.86. The van der Waals surface area contributed by atoms with Crippen LogP contribution >= 0.6 is 0 Å². The molecule has 20 heavy (non-hydrogen) atoms. The van der Waals surface area contributed by atoms with E-state index >= 15 is 0 Å². The van der Waals surface area contributed by atoms with Crippen LogP contribution in [0.4, 0.5) is 10.5 Å². The predicted molar refractivity (Wildman–Crippen MR) is 78.5 cm³/mol. The molecule has 0 fully saturated rings. The van der Waals surface area contributed by atoms with Crippen molar-refractivity contribution in [2.24, 2.45) is 0 Å². The quantitative estimate of drug-likeness (QED) is 0.791. The van der Waals surface area contributed by atoms with E-state index in [9.17, 15) is 4.79 Å². The van der Waals surface area contributed by atoms with Gasteiger partial charge in [0.1, 0.15) is 5.60 Å². The summed E-state index contributed by atoms with van der Waals surface area (Å²) in [6, 6.07) is 0. The van der Waals surface area contributed by atoms with Crippen molar-refractivity contribution in [3.05, 3.63) is 22.5 Å². The van der Waals surface area contributed by atoms with Gasteiger partial charge in [0.25, 0.3) is 0 Å². The molecule has 0 aromatic carbocycles. The highest BCUT2D eigenvalue weighted by molar-refractivity contribution is 5.69. The van der Waals surface area contributed by atoms with Gasteiger partial charge in [0, 0.05) is 6.54 Å². The number of amides is 1. The number of carbonyl (C=O) groups is 1. The monoisotopic (exact) mass is 277 g/mol. The van der Waals surface area contributed by atoms with Crippen molar-refractivity contribution in [3.8, 4) is 0 Å². The number of anilines is 1. The van der Waals surface area contributed by atoms with Crippen LogP contribution in [0.15, 0.2) is 0 Å². The van der Waals surface area contributed by atoms with Crippen LogP contribution < -0.4 is 5.73 Å². The van der Waals surface area contributed by atoms with Gasteiger partial charge in [-0.1, -0.05) is 0 Å². The lowest BCUT2D eigenvalue weighted by Crippen LogP contribution is -2.40. The van der Waals surface area contributed by atoms with Crippen LogP contribution in [-0.4, -0.2) is 28.1 Å². The van der Waals surface area contributed by atoms with Crippen LogP contribution in [0.1, 0.15) is 43.3 Å². The number of pyridine rings is 1. The number of ether oxygens (including phenoxy) is 1. The summed E-state index contributed by atoms with van der Waals surface area (Å²) in [6.07, 6.45) is 0.495. The van der Waals surface area contributed by atoms with Crippen molar-refractivity contribution in [2.45, 2.75) is 53.2 Å². The predicted octanol–water partition coefficient (Wildman–Crippen LogP) is 2.57. The van der Waals surface area contributed by atoms with Crippen LogP contribution in [0, 0.1) is 13.8 Å². The van der Waals surface area contributed by atoms with Crippen LogP contribution in [0.2, 0.25) is 0 Å². The molecule has 0 radical (unpaired) electrons. The van der Waals surface area contributed by atoms with Crippen molar-refractivity contribution >= 4 is 11.8 Å². The fraction of sp³-hybridized carbons (Fsp3) is 0.600. The SMILES string of the molecule is Cc1nc2c(c(C)c1N)CCN(C(=O)OC(C)(C)C)C2. The van der Waals surface area contributed by atoms with Crippen molar-refractivity contribution in [3.63, 3.8) is 0 Å². The molecule has 5 heteroatoms. The van der Waals surface area contributed by atoms with Gasteiger partial charge in [-0.2, -0.15) is 0 Å². The molecule has 1 amide bonds. The zero-order valence-electron chi connectivity index (χ0n) is 12.9. The lowest BCUT2D eigenvalue weighted by atomic mass is 9.98. The van der Waals surface area contributed by atoms with Gasteiger partial charge in [-0.25, -0.2) is 4.79 Å². The molecule has 110 valence electrons. The lowest BCUT2D eigenvalue weighted by Gasteiger charge is -2.31. The van der Waals surface area contributed by atoms with Crippen molar-refractivity contribution in [2.75, 3.05) is 12.3 Å².